The SMILES string of the molecule is Cc1cc2[nH]c(N)nc2cc1Cl. The predicted molar refractivity (Wildman–Crippen MR) is 50.3 cm³/mol. The van der Waals surface area contributed by atoms with Crippen molar-refractivity contribution in [3.05, 3.63) is 22.7 Å². The number of hydrogen-bond acceptors (Lipinski definition) is 2. The van der Waals surface area contributed by atoms with Crippen LogP contribution in [-0.2, 0) is 0 Å². The third-order valence-corrected chi connectivity index (χ3v) is 2.19. The first kappa shape index (κ1) is 7.43. The van der Waals surface area contributed by atoms with Gasteiger partial charge in [0.25, 0.3) is 0 Å². The fraction of sp³-hybridized carbons (Fsp3) is 0.125. The number of fused-ring (bicyclic) bond motifs is 1. The number of anilines is 1. The first-order valence-corrected chi connectivity index (χ1v) is 3.96. The summed E-state index contributed by atoms with van der Waals surface area (Å²) in [6.45, 7) is 1.94. The van der Waals surface area contributed by atoms with E-state index >= 15 is 0 Å². The van der Waals surface area contributed by atoms with Crippen LogP contribution in [0.2, 0.25) is 5.02 Å². The summed E-state index contributed by atoms with van der Waals surface area (Å²) in [4.78, 5) is 6.99. The first-order valence-electron chi connectivity index (χ1n) is 3.58. The summed E-state index contributed by atoms with van der Waals surface area (Å²) < 4.78 is 0. The molecule has 0 spiro atoms. The van der Waals surface area contributed by atoms with Gasteiger partial charge < -0.3 is 10.7 Å². The minimum absolute atomic E-state index is 0.423. The second-order valence-corrected chi connectivity index (χ2v) is 3.15. The van der Waals surface area contributed by atoms with Gasteiger partial charge in [-0.2, -0.15) is 0 Å². The number of nitrogens with zero attached hydrogens (tertiary/aromatic N) is 1. The van der Waals surface area contributed by atoms with Gasteiger partial charge in [0.1, 0.15) is 0 Å². The van der Waals surface area contributed by atoms with Gasteiger partial charge in [-0.05, 0) is 24.6 Å². The number of hydrogen-bond donors (Lipinski definition) is 2. The molecule has 0 aliphatic rings. The fourth-order valence-corrected chi connectivity index (χ4v) is 1.32. The van der Waals surface area contributed by atoms with Crippen molar-refractivity contribution in [2.75, 3.05) is 5.73 Å². The van der Waals surface area contributed by atoms with Crippen LogP contribution in [0.5, 0.6) is 0 Å². The number of H-pyrrole nitrogens is 1. The number of aromatic amines is 1. The number of aryl methyl sites for hydroxylation is 1. The Morgan fingerprint density at radius 2 is 2.25 bits per heavy atom. The van der Waals surface area contributed by atoms with E-state index in [9.17, 15) is 0 Å². The Balaban J connectivity index is 2.83. The summed E-state index contributed by atoms with van der Waals surface area (Å²) in [5.74, 6) is 0.423. The van der Waals surface area contributed by atoms with Crippen molar-refractivity contribution in [1.29, 1.82) is 0 Å². The highest BCUT2D eigenvalue weighted by atomic mass is 35.5. The average molecular weight is 182 g/mol. The van der Waals surface area contributed by atoms with Gasteiger partial charge in [-0.1, -0.05) is 11.6 Å². The van der Waals surface area contributed by atoms with Gasteiger partial charge in [0, 0.05) is 5.02 Å². The molecule has 0 unspecified atom stereocenters. The lowest BCUT2D eigenvalue weighted by Crippen LogP contribution is -1.84. The summed E-state index contributed by atoms with van der Waals surface area (Å²) in [7, 11) is 0. The highest BCUT2D eigenvalue weighted by Gasteiger charge is 2.02. The fourth-order valence-electron chi connectivity index (χ4n) is 1.16. The van der Waals surface area contributed by atoms with Gasteiger partial charge >= 0.3 is 0 Å². The standard InChI is InChI=1S/C8H8ClN3/c1-4-2-6-7(3-5(4)9)12-8(10)11-6/h2-3H,1H3,(H3,10,11,12). The van der Waals surface area contributed by atoms with Crippen LogP contribution in [0.25, 0.3) is 11.0 Å². The molecular formula is C8H8ClN3. The van der Waals surface area contributed by atoms with Crippen LogP contribution in [0, 0.1) is 6.92 Å². The molecule has 1 heterocycles. The lowest BCUT2D eigenvalue weighted by molar-refractivity contribution is 1.35. The van der Waals surface area contributed by atoms with E-state index in [1.54, 1.807) is 6.07 Å². The molecule has 62 valence electrons. The van der Waals surface area contributed by atoms with Crippen molar-refractivity contribution in [3.8, 4) is 0 Å². The molecule has 2 rings (SSSR count). The van der Waals surface area contributed by atoms with E-state index in [0.717, 1.165) is 16.6 Å². The van der Waals surface area contributed by atoms with Gasteiger partial charge in [-0.15, -0.1) is 0 Å². The minimum atomic E-state index is 0.423. The molecule has 0 fully saturated rings. The normalized spacial score (nSPS) is 10.8. The van der Waals surface area contributed by atoms with E-state index in [-0.39, 0.29) is 0 Å². The monoisotopic (exact) mass is 181 g/mol. The molecule has 2 aromatic rings. The van der Waals surface area contributed by atoms with Crippen LogP contribution >= 0.6 is 11.6 Å². The largest absolute Gasteiger partial charge is 0.369 e. The molecule has 0 aliphatic carbocycles. The maximum atomic E-state index is 5.90. The summed E-state index contributed by atoms with van der Waals surface area (Å²) in [5.41, 5.74) is 8.24. The maximum absolute atomic E-state index is 5.90. The quantitative estimate of drug-likeness (QED) is 0.654. The van der Waals surface area contributed by atoms with Gasteiger partial charge in [-0.25, -0.2) is 4.98 Å². The molecule has 1 aromatic carbocycles. The molecule has 4 heteroatoms. The van der Waals surface area contributed by atoms with Crippen LogP contribution in [0.15, 0.2) is 12.1 Å². The van der Waals surface area contributed by atoms with Crippen LogP contribution in [0.4, 0.5) is 5.95 Å². The van der Waals surface area contributed by atoms with Gasteiger partial charge in [-0.3, -0.25) is 0 Å². The summed E-state index contributed by atoms with van der Waals surface area (Å²) in [6.07, 6.45) is 0. The smallest absolute Gasteiger partial charge is 0.198 e. The first-order chi connectivity index (χ1) is 5.66. The van der Waals surface area contributed by atoms with Crippen molar-refractivity contribution in [2.45, 2.75) is 6.92 Å². The zero-order valence-corrected chi connectivity index (χ0v) is 7.31. The molecule has 0 bridgehead atoms. The number of aromatic nitrogens is 2. The Morgan fingerprint density at radius 1 is 1.50 bits per heavy atom. The zero-order valence-electron chi connectivity index (χ0n) is 6.56. The number of benzene rings is 1. The number of imidazole rings is 1. The molecular weight excluding hydrogens is 174 g/mol. The van der Waals surface area contributed by atoms with Crippen molar-refractivity contribution in [3.63, 3.8) is 0 Å². The number of rotatable bonds is 0. The van der Waals surface area contributed by atoms with E-state index in [4.69, 9.17) is 17.3 Å². The number of halogens is 1. The Kier molecular flexibility index (Phi) is 1.48. The Morgan fingerprint density at radius 3 is 3.00 bits per heavy atom. The summed E-state index contributed by atoms with van der Waals surface area (Å²) >= 11 is 5.90. The minimum Gasteiger partial charge on any atom is -0.369 e. The van der Waals surface area contributed by atoms with Crippen LogP contribution in [0.1, 0.15) is 5.56 Å². The van der Waals surface area contributed by atoms with Crippen molar-refractivity contribution in [1.82, 2.24) is 9.97 Å². The highest BCUT2D eigenvalue weighted by molar-refractivity contribution is 6.32. The zero-order chi connectivity index (χ0) is 8.72. The molecule has 1 aromatic heterocycles. The summed E-state index contributed by atoms with van der Waals surface area (Å²) in [5, 5.41) is 0.717. The van der Waals surface area contributed by atoms with Gasteiger partial charge in [0.2, 0.25) is 0 Å². The molecule has 0 amide bonds. The highest BCUT2D eigenvalue weighted by Crippen LogP contribution is 2.21. The number of nitrogens with two attached hydrogens (primary N) is 1. The van der Waals surface area contributed by atoms with E-state index in [1.165, 1.54) is 0 Å². The molecule has 12 heavy (non-hydrogen) atoms. The van der Waals surface area contributed by atoms with Gasteiger partial charge in [0.05, 0.1) is 11.0 Å². The van der Waals surface area contributed by atoms with Crippen molar-refractivity contribution < 1.29 is 0 Å². The number of nitrogen functional groups attached to an aromatic ring is 1. The third-order valence-electron chi connectivity index (χ3n) is 1.78. The van der Waals surface area contributed by atoms with Crippen LogP contribution in [-0.4, -0.2) is 9.97 Å². The molecule has 0 atom stereocenters. The molecule has 0 saturated carbocycles. The Hall–Kier alpha value is -1.22. The van der Waals surface area contributed by atoms with Crippen LogP contribution < -0.4 is 5.73 Å². The lowest BCUT2D eigenvalue weighted by Gasteiger charge is -1.95. The van der Waals surface area contributed by atoms with Crippen molar-refractivity contribution in [2.24, 2.45) is 0 Å². The topological polar surface area (TPSA) is 54.7 Å². The Bertz CT molecular complexity index is 394. The van der Waals surface area contributed by atoms with Gasteiger partial charge in [0.15, 0.2) is 5.95 Å². The Labute approximate surface area is 74.5 Å². The molecule has 0 radical (unpaired) electrons. The second-order valence-electron chi connectivity index (χ2n) is 2.74. The second kappa shape index (κ2) is 2.38. The maximum Gasteiger partial charge on any atom is 0.198 e. The van der Waals surface area contributed by atoms with E-state index < -0.39 is 0 Å². The molecule has 3 N–H and O–H groups in total. The molecule has 0 saturated heterocycles. The third kappa shape index (κ3) is 1.02. The number of nitrogens with one attached hydrogen (secondary N) is 1. The van der Waals surface area contributed by atoms with Crippen molar-refractivity contribution >= 4 is 28.6 Å². The van der Waals surface area contributed by atoms with E-state index in [2.05, 4.69) is 9.97 Å². The summed E-state index contributed by atoms with van der Waals surface area (Å²) in [6, 6.07) is 3.74. The van der Waals surface area contributed by atoms with Crippen LogP contribution in [0.3, 0.4) is 0 Å². The predicted octanol–water partition coefficient (Wildman–Crippen LogP) is 2.11. The van der Waals surface area contributed by atoms with E-state index in [1.807, 2.05) is 13.0 Å². The molecule has 0 aliphatic heterocycles. The van der Waals surface area contributed by atoms with E-state index in [0.29, 0.717) is 11.0 Å². The average Bonchev–Trinajstić information content (AvgIpc) is 2.30. The molecule has 3 nitrogen and oxygen atoms in total. The lowest BCUT2D eigenvalue weighted by atomic mass is 10.2.